The first-order chi connectivity index (χ1) is 15.2. The molecule has 2 atom stereocenters. The molecule has 0 aliphatic rings. The molecule has 5 N–H and O–H groups in total. The Labute approximate surface area is 189 Å². The van der Waals surface area contributed by atoms with Crippen molar-refractivity contribution in [3.05, 3.63) is 45.9 Å². The molecule has 0 aliphatic carbocycles. The molecule has 14 heteroatoms. The van der Waals surface area contributed by atoms with Crippen LogP contribution < -0.4 is 15.4 Å². The van der Waals surface area contributed by atoms with Crippen LogP contribution in [0, 0.1) is 0 Å². The van der Waals surface area contributed by atoms with Gasteiger partial charge < -0.3 is 20.5 Å². The van der Waals surface area contributed by atoms with Crippen LogP contribution in [0.2, 0.25) is 0 Å². The molecule has 0 amide bonds. The average molecular weight is 484 g/mol. The van der Waals surface area contributed by atoms with Crippen molar-refractivity contribution in [2.75, 3.05) is 22.5 Å². The Morgan fingerprint density at radius 3 is 2.53 bits per heavy atom. The van der Waals surface area contributed by atoms with Gasteiger partial charge in [-0.15, -0.1) is 16.4 Å². The number of ether oxygens (including phenoxy) is 1. The van der Waals surface area contributed by atoms with Crippen molar-refractivity contribution >= 4 is 39.2 Å². The Kier molecular flexibility index (Phi) is 7.63. The van der Waals surface area contributed by atoms with Crippen molar-refractivity contribution in [3.8, 4) is 0 Å². The monoisotopic (exact) mass is 483 g/mol. The summed E-state index contributed by atoms with van der Waals surface area (Å²) in [5, 5.41) is 22.9. The standard InChI is InChI=1S/C18H25N7O5S2/c1-4-15-19-14(10-31-15)13(9-11-5-7-12(8-6-11)24-32(27,28)29)20-16-21-17(25(2)23-16)22-18(26)30-3/h5-8,10,13,18,24,26H,4,9H2,1-3H3,(H,27,28,29)(H2,20,21,22,23)/t13-,18?/m0/s1. The molecule has 0 saturated heterocycles. The highest BCUT2D eigenvalue weighted by molar-refractivity contribution is 7.87. The second-order valence-electron chi connectivity index (χ2n) is 6.81. The maximum atomic E-state index is 11.0. The summed E-state index contributed by atoms with van der Waals surface area (Å²) in [5.41, 5.74) is 1.98. The molecule has 0 radical (unpaired) electrons. The SMILES string of the molecule is CCc1nc([C@H](Cc2ccc(NS(=O)(=O)O)cc2)Nc2nc(NC(O)OC)n(C)n2)cs1. The number of nitrogens with one attached hydrogen (secondary N) is 3. The summed E-state index contributed by atoms with van der Waals surface area (Å²) in [4.78, 5) is 9.02. The number of aryl methyl sites for hydroxylation is 2. The number of aromatic nitrogens is 4. The normalized spacial score (nSPS) is 13.5. The minimum Gasteiger partial charge on any atom is -0.351 e. The Balaban J connectivity index is 1.81. The fourth-order valence-corrected chi connectivity index (χ4v) is 4.10. The third kappa shape index (κ3) is 6.61. The van der Waals surface area contributed by atoms with E-state index in [0.29, 0.717) is 18.3 Å². The van der Waals surface area contributed by atoms with Crippen LogP contribution in [0.5, 0.6) is 0 Å². The van der Waals surface area contributed by atoms with E-state index in [1.54, 1.807) is 42.6 Å². The summed E-state index contributed by atoms with van der Waals surface area (Å²) in [6.45, 7) is 2.03. The highest BCUT2D eigenvalue weighted by atomic mass is 32.2. The molecule has 174 valence electrons. The van der Waals surface area contributed by atoms with E-state index in [0.717, 1.165) is 22.7 Å². The van der Waals surface area contributed by atoms with Crippen LogP contribution in [0.15, 0.2) is 29.6 Å². The van der Waals surface area contributed by atoms with E-state index in [-0.39, 0.29) is 11.7 Å². The van der Waals surface area contributed by atoms with Crippen molar-refractivity contribution in [2.45, 2.75) is 32.2 Å². The maximum absolute atomic E-state index is 11.0. The Morgan fingerprint density at radius 2 is 1.94 bits per heavy atom. The lowest BCUT2D eigenvalue weighted by molar-refractivity contribution is -0.0517. The van der Waals surface area contributed by atoms with Crippen LogP contribution in [0.4, 0.5) is 17.6 Å². The highest BCUT2D eigenvalue weighted by Gasteiger charge is 2.19. The van der Waals surface area contributed by atoms with Crippen LogP contribution in [0.25, 0.3) is 0 Å². The van der Waals surface area contributed by atoms with E-state index in [9.17, 15) is 13.5 Å². The fourth-order valence-electron chi connectivity index (χ4n) is 2.87. The van der Waals surface area contributed by atoms with Gasteiger partial charge in [0.25, 0.3) is 0 Å². The third-order valence-electron chi connectivity index (χ3n) is 4.41. The molecule has 2 heterocycles. The van der Waals surface area contributed by atoms with Gasteiger partial charge in [-0.2, -0.15) is 13.4 Å². The number of aliphatic hydroxyl groups excluding tert-OH is 1. The summed E-state index contributed by atoms with van der Waals surface area (Å²) >= 11 is 1.56. The van der Waals surface area contributed by atoms with E-state index >= 15 is 0 Å². The number of anilines is 3. The van der Waals surface area contributed by atoms with Gasteiger partial charge in [0.05, 0.1) is 22.4 Å². The van der Waals surface area contributed by atoms with Gasteiger partial charge in [-0.05, 0) is 30.5 Å². The molecule has 2 aromatic heterocycles. The summed E-state index contributed by atoms with van der Waals surface area (Å²) in [5.74, 6) is 0.646. The molecule has 0 bridgehead atoms. The third-order valence-corrected chi connectivity index (χ3v) is 5.92. The molecule has 32 heavy (non-hydrogen) atoms. The smallest absolute Gasteiger partial charge is 0.351 e. The predicted octanol–water partition coefficient (Wildman–Crippen LogP) is 1.78. The van der Waals surface area contributed by atoms with Crippen LogP contribution in [-0.4, -0.2) is 51.3 Å². The van der Waals surface area contributed by atoms with Crippen molar-refractivity contribution in [2.24, 2.45) is 7.05 Å². The van der Waals surface area contributed by atoms with Crippen molar-refractivity contribution in [3.63, 3.8) is 0 Å². The quantitative estimate of drug-likeness (QED) is 0.201. The second-order valence-corrected chi connectivity index (χ2v) is 8.91. The first kappa shape index (κ1) is 23.9. The molecule has 0 spiro atoms. The number of aliphatic hydroxyl groups is 1. The number of thiazole rings is 1. The molecule has 0 fully saturated rings. The van der Waals surface area contributed by atoms with E-state index in [1.165, 1.54) is 11.8 Å². The van der Waals surface area contributed by atoms with E-state index in [1.807, 2.05) is 17.0 Å². The fraction of sp³-hybridized carbons (Fsp3) is 0.389. The summed E-state index contributed by atoms with van der Waals surface area (Å²) < 4.78 is 39.1. The van der Waals surface area contributed by atoms with Crippen LogP contribution >= 0.6 is 11.3 Å². The molecule has 3 aromatic rings. The van der Waals surface area contributed by atoms with Crippen molar-refractivity contribution in [1.29, 1.82) is 0 Å². The lowest BCUT2D eigenvalue weighted by atomic mass is 10.0. The van der Waals surface area contributed by atoms with Gasteiger partial charge in [0, 0.05) is 19.5 Å². The summed E-state index contributed by atoms with van der Waals surface area (Å²) in [7, 11) is -1.30. The van der Waals surface area contributed by atoms with Gasteiger partial charge in [0.2, 0.25) is 18.3 Å². The minimum atomic E-state index is -4.33. The largest absolute Gasteiger partial charge is 0.357 e. The Morgan fingerprint density at radius 1 is 1.22 bits per heavy atom. The first-order valence-electron chi connectivity index (χ1n) is 9.60. The first-order valence-corrected chi connectivity index (χ1v) is 11.9. The van der Waals surface area contributed by atoms with Gasteiger partial charge in [-0.25, -0.2) is 9.67 Å². The van der Waals surface area contributed by atoms with Gasteiger partial charge in [-0.1, -0.05) is 19.1 Å². The average Bonchev–Trinajstić information content (AvgIpc) is 3.34. The Hall–Kier alpha value is -2.78. The number of nitrogens with zero attached hydrogens (tertiary/aromatic N) is 4. The number of hydrogen-bond donors (Lipinski definition) is 5. The maximum Gasteiger partial charge on any atom is 0.357 e. The van der Waals surface area contributed by atoms with Gasteiger partial charge in [-0.3, -0.25) is 9.27 Å². The molecule has 1 unspecified atom stereocenters. The van der Waals surface area contributed by atoms with Crippen LogP contribution in [0.1, 0.15) is 29.2 Å². The molecule has 0 aliphatic heterocycles. The van der Waals surface area contributed by atoms with Gasteiger partial charge >= 0.3 is 10.3 Å². The zero-order chi connectivity index (χ0) is 23.3. The highest BCUT2D eigenvalue weighted by Crippen LogP contribution is 2.25. The van der Waals surface area contributed by atoms with E-state index in [2.05, 4.69) is 25.7 Å². The predicted molar refractivity (Wildman–Crippen MR) is 121 cm³/mol. The van der Waals surface area contributed by atoms with Gasteiger partial charge in [0.1, 0.15) is 0 Å². The summed E-state index contributed by atoms with van der Waals surface area (Å²) in [6.07, 6.45) is 0.112. The Bertz CT molecular complexity index is 1130. The lowest BCUT2D eigenvalue weighted by Gasteiger charge is -2.16. The number of hydrogen-bond acceptors (Lipinski definition) is 10. The molecule has 1 aromatic carbocycles. The van der Waals surface area contributed by atoms with E-state index in [4.69, 9.17) is 9.29 Å². The summed E-state index contributed by atoms with van der Waals surface area (Å²) in [6, 6.07) is 6.36. The lowest BCUT2D eigenvalue weighted by Crippen LogP contribution is -2.22. The second kappa shape index (κ2) is 10.2. The van der Waals surface area contributed by atoms with Crippen molar-refractivity contribution in [1.82, 2.24) is 19.7 Å². The molecular weight excluding hydrogens is 458 g/mol. The molecule has 12 nitrogen and oxygen atoms in total. The van der Waals surface area contributed by atoms with E-state index < -0.39 is 16.7 Å². The zero-order valence-corrected chi connectivity index (χ0v) is 19.3. The topological polar surface area (TPSA) is 164 Å². The zero-order valence-electron chi connectivity index (χ0n) is 17.7. The molecular formula is C18H25N7O5S2. The molecule has 0 saturated carbocycles. The van der Waals surface area contributed by atoms with Crippen LogP contribution in [0.3, 0.4) is 0 Å². The van der Waals surface area contributed by atoms with Crippen LogP contribution in [-0.2, 0) is 34.9 Å². The minimum absolute atomic E-state index is 0.251. The number of rotatable bonds is 11. The van der Waals surface area contributed by atoms with Gasteiger partial charge in [0.15, 0.2) is 0 Å². The molecule has 3 rings (SSSR count). The van der Waals surface area contributed by atoms with Crippen molar-refractivity contribution < 1.29 is 22.8 Å². The number of benzene rings is 1. The number of methoxy groups -OCH3 is 1.